The first-order chi connectivity index (χ1) is 8.38. The Morgan fingerprint density at radius 1 is 1.11 bits per heavy atom. The first kappa shape index (κ1) is 15.0. The predicted octanol–water partition coefficient (Wildman–Crippen LogP) is 5.02. The first-order valence-corrected chi connectivity index (χ1v) is 6.45. The SMILES string of the molecule is CC(=O)/C(C=C(C)C)=C/Cc1cc(Cl)cc(Cl)c1. The van der Waals surface area contributed by atoms with Gasteiger partial charge in [-0.1, -0.05) is 40.9 Å². The topological polar surface area (TPSA) is 17.1 Å². The van der Waals surface area contributed by atoms with E-state index in [9.17, 15) is 4.79 Å². The molecule has 0 aromatic heterocycles. The van der Waals surface area contributed by atoms with Crippen molar-refractivity contribution in [3.8, 4) is 0 Å². The Bertz CT molecular complexity index is 489. The molecule has 1 nitrogen and oxygen atoms in total. The lowest BCUT2D eigenvalue weighted by atomic mass is 10.1. The van der Waals surface area contributed by atoms with Gasteiger partial charge in [-0.3, -0.25) is 4.79 Å². The zero-order chi connectivity index (χ0) is 13.7. The van der Waals surface area contributed by atoms with Crippen molar-refractivity contribution in [2.24, 2.45) is 0 Å². The van der Waals surface area contributed by atoms with E-state index in [2.05, 4.69) is 0 Å². The van der Waals surface area contributed by atoms with Crippen LogP contribution in [0.5, 0.6) is 0 Å². The number of benzene rings is 1. The molecule has 1 aromatic rings. The van der Waals surface area contributed by atoms with Gasteiger partial charge in [-0.2, -0.15) is 0 Å². The second-order valence-corrected chi connectivity index (χ2v) is 5.29. The molecule has 1 aromatic carbocycles. The maximum atomic E-state index is 11.5. The molecular weight excluding hydrogens is 267 g/mol. The minimum Gasteiger partial charge on any atom is -0.295 e. The highest BCUT2D eigenvalue weighted by atomic mass is 35.5. The van der Waals surface area contributed by atoms with Gasteiger partial charge in [0, 0.05) is 15.6 Å². The Hall–Kier alpha value is -1.05. The second-order valence-electron chi connectivity index (χ2n) is 4.42. The van der Waals surface area contributed by atoms with Crippen LogP contribution in [0.1, 0.15) is 26.3 Å². The molecule has 18 heavy (non-hydrogen) atoms. The first-order valence-electron chi connectivity index (χ1n) is 5.69. The fourth-order valence-electron chi connectivity index (χ4n) is 1.57. The lowest BCUT2D eigenvalue weighted by molar-refractivity contribution is -0.113. The molecule has 0 unspecified atom stereocenters. The second kappa shape index (κ2) is 6.77. The van der Waals surface area contributed by atoms with Crippen molar-refractivity contribution < 1.29 is 4.79 Å². The third-order valence-corrected chi connectivity index (χ3v) is 2.77. The van der Waals surface area contributed by atoms with Gasteiger partial charge in [-0.15, -0.1) is 0 Å². The van der Waals surface area contributed by atoms with Crippen molar-refractivity contribution >= 4 is 29.0 Å². The van der Waals surface area contributed by atoms with Crippen molar-refractivity contribution in [3.63, 3.8) is 0 Å². The molecule has 0 spiro atoms. The molecule has 0 aliphatic heterocycles. The molecule has 0 aliphatic carbocycles. The summed E-state index contributed by atoms with van der Waals surface area (Å²) in [4.78, 5) is 11.5. The van der Waals surface area contributed by atoms with Gasteiger partial charge in [0.25, 0.3) is 0 Å². The summed E-state index contributed by atoms with van der Waals surface area (Å²) in [6.07, 6.45) is 4.42. The summed E-state index contributed by atoms with van der Waals surface area (Å²) in [7, 11) is 0. The summed E-state index contributed by atoms with van der Waals surface area (Å²) in [6, 6.07) is 5.40. The lowest BCUT2D eigenvalue weighted by Gasteiger charge is -2.02. The smallest absolute Gasteiger partial charge is 0.159 e. The number of allylic oxidation sites excluding steroid dienone is 4. The number of halogens is 2. The van der Waals surface area contributed by atoms with E-state index in [4.69, 9.17) is 23.2 Å². The maximum absolute atomic E-state index is 11.5. The number of carbonyl (C=O) groups excluding carboxylic acids is 1. The summed E-state index contributed by atoms with van der Waals surface area (Å²) in [5.74, 6) is 0.0596. The van der Waals surface area contributed by atoms with Gasteiger partial charge in [-0.05, 0) is 51.0 Å². The van der Waals surface area contributed by atoms with Gasteiger partial charge in [0.05, 0.1) is 0 Å². The van der Waals surface area contributed by atoms with E-state index in [1.807, 2.05) is 38.1 Å². The van der Waals surface area contributed by atoms with Crippen LogP contribution in [-0.2, 0) is 11.2 Å². The Morgan fingerprint density at radius 2 is 1.67 bits per heavy atom. The highest BCUT2D eigenvalue weighted by molar-refractivity contribution is 6.34. The highest BCUT2D eigenvalue weighted by Crippen LogP contribution is 2.20. The molecule has 0 amide bonds. The minimum absolute atomic E-state index is 0.0596. The number of hydrogen-bond donors (Lipinski definition) is 0. The van der Waals surface area contributed by atoms with Crippen LogP contribution in [0.2, 0.25) is 10.0 Å². The van der Waals surface area contributed by atoms with Crippen LogP contribution in [0.15, 0.2) is 41.5 Å². The summed E-state index contributed by atoms with van der Waals surface area (Å²) < 4.78 is 0. The van der Waals surface area contributed by atoms with E-state index in [1.54, 1.807) is 13.0 Å². The largest absolute Gasteiger partial charge is 0.295 e. The molecule has 0 aliphatic rings. The summed E-state index contributed by atoms with van der Waals surface area (Å²) in [5.41, 5.74) is 2.81. The Labute approximate surface area is 118 Å². The van der Waals surface area contributed by atoms with Gasteiger partial charge in [-0.25, -0.2) is 0 Å². The molecule has 3 heteroatoms. The van der Waals surface area contributed by atoms with E-state index >= 15 is 0 Å². The summed E-state index contributed by atoms with van der Waals surface area (Å²) in [5, 5.41) is 1.22. The maximum Gasteiger partial charge on any atom is 0.159 e. The molecule has 96 valence electrons. The highest BCUT2D eigenvalue weighted by Gasteiger charge is 2.01. The lowest BCUT2D eigenvalue weighted by Crippen LogP contribution is -1.95. The number of rotatable bonds is 4. The van der Waals surface area contributed by atoms with Crippen LogP contribution < -0.4 is 0 Å². The van der Waals surface area contributed by atoms with Gasteiger partial charge in [0.2, 0.25) is 0 Å². The fourth-order valence-corrected chi connectivity index (χ4v) is 2.14. The van der Waals surface area contributed by atoms with E-state index in [0.29, 0.717) is 22.0 Å². The summed E-state index contributed by atoms with van der Waals surface area (Å²) in [6.45, 7) is 5.50. The number of ketones is 1. The third kappa shape index (κ3) is 5.07. The van der Waals surface area contributed by atoms with E-state index in [-0.39, 0.29) is 5.78 Å². The van der Waals surface area contributed by atoms with Crippen LogP contribution >= 0.6 is 23.2 Å². The quantitative estimate of drug-likeness (QED) is 0.560. The number of carbonyl (C=O) groups is 1. The zero-order valence-electron chi connectivity index (χ0n) is 10.8. The number of hydrogen-bond acceptors (Lipinski definition) is 1. The van der Waals surface area contributed by atoms with Crippen molar-refractivity contribution in [3.05, 3.63) is 57.1 Å². The van der Waals surface area contributed by atoms with Crippen molar-refractivity contribution in [1.82, 2.24) is 0 Å². The van der Waals surface area contributed by atoms with Gasteiger partial charge >= 0.3 is 0 Å². The predicted molar refractivity (Wildman–Crippen MR) is 78.4 cm³/mol. The molecule has 1 rings (SSSR count). The molecule has 0 saturated heterocycles. The molecule has 0 bridgehead atoms. The average molecular weight is 283 g/mol. The van der Waals surface area contributed by atoms with Gasteiger partial charge in [0.1, 0.15) is 0 Å². The van der Waals surface area contributed by atoms with E-state index in [1.165, 1.54) is 0 Å². The van der Waals surface area contributed by atoms with E-state index < -0.39 is 0 Å². The monoisotopic (exact) mass is 282 g/mol. The van der Waals surface area contributed by atoms with Crippen LogP contribution in [0, 0.1) is 0 Å². The standard InChI is InChI=1S/C15H16Cl2O/c1-10(2)6-13(11(3)18)5-4-12-7-14(16)9-15(17)8-12/h5-9H,4H2,1-3H3/b13-5+. The normalized spacial score (nSPS) is 11.3. The summed E-state index contributed by atoms with van der Waals surface area (Å²) >= 11 is 11.9. The Morgan fingerprint density at radius 3 is 2.11 bits per heavy atom. The molecule has 0 fully saturated rings. The van der Waals surface area contributed by atoms with Gasteiger partial charge < -0.3 is 0 Å². The van der Waals surface area contributed by atoms with Crippen LogP contribution in [0.25, 0.3) is 0 Å². The van der Waals surface area contributed by atoms with Crippen molar-refractivity contribution in [2.75, 3.05) is 0 Å². The van der Waals surface area contributed by atoms with E-state index in [0.717, 1.165) is 11.1 Å². The van der Waals surface area contributed by atoms with Gasteiger partial charge in [0.15, 0.2) is 5.78 Å². The average Bonchev–Trinajstić information content (AvgIpc) is 2.21. The Kier molecular flexibility index (Phi) is 5.64. The minimum atomic E-state index is 0.0596. The molecule has 0 atom stereocenters. The third-order valence-electron chi connectivity index (χ3n) is 2.33. The number of Topliss-reactive ketones (excluding diaryl/α,β-unsaturated/α-hetero) is 1. The molecule has 0 radical (unpaired) electrons. The zero-order valence-corrected chi connectivity index (χ0v) is 12.3. The van der Waals surface area contributed by atoms with Crippen molar-refractivity contribution in [2.45, 2.75) is 27.2 Å². The molecular formula is C15H16Cl2O. The fraction of sp³-hybridized carbons (Fsp3) is 0.267. The molecule has 0 heterocycles. The molecule has 0 N–H and O–H groups in total. The van der Waals surface area contributed by atoms with Crippen LogP contribution in [-0.4, -0.2) is 5.78 Å². The van der Waals surface area contributed by atoms with Crippen molar-refractivity contribution in [1.29, 1.82) is 0 Å². The molecule has 0 saturated carbocycles. The van der Waals surface area contributed by atoms with Crippen LogP contribution in [0.3, 0.4) is 0 Å². The Balaban J connectivity index is 2.95. The van der Waals surface area contributed by atoms with Crippen LogP contribution in [0.4, 0.5) is 0 Å².